The minimum absolute atomic E-state index is 0.349. The second-order valence-electron chi connectivity index (χ2n) is 4.52. The van der Waals surface area contributed by atoms with Gasteiger partial charge in [-0.05, 0) is 26.2 Å². The third-order valence-corrected chi connectivity index (χ3v) is 5.17. The van der Waals surface area contributed by atoms with Crippen LogP contribution in [0, 0.1) is 19.8 Å². The van der Waals surface area contributed by atoms with E-state index in [-0.39, 0.29) is 0 Å². The SMILES string of the molecule is Cc1n[nH]c(C)c1S(=O)(=O)N1CCC(C)C1. The molecule has 1 fully saturated rings. The number of hydrogen-bond donors (Lipinski definition) is 1. The van der Waals surface area contributed by atoms with Crippen molar-refractivity contribution in [1.29, 1.82) is 0 Å². The Balaban J connectivity index is 2.40. The fourth-order valence-electron chi connectivity index (χ4n) is 2.16. The van der Waals surface area contributed by atoms with Crippen molar-refractivity contribution >= 4 is 10.0 Å². The number of aryl methyl sites for hydroxylation is 2. The number of sulfonamides is 1. The summed E-state index contributed by atoms with van der Waals surface area (Å²) < 4.78 is 26.3. The van der Waals surface area contributed by atoms with Crippen LogP contribution in [0.1, 0.15) is 24.7 Å². The van der Waals surface area contributed by atoms with Gasteiger partial charge >= 0.3 is 0 Å². The van der Waals surface area contributed by atoms with Gasteiger partial charge in [-0.25, -0.2) is 8.42 Å². The number of rotatable bonds is 2. The summed E-state index contributed by atoms with van der Waals surface area (Å²) in [6, 6.07) is 0. The Bertz CT molecular complexity index is 473. The highest BCUT2D eigenvalue weighted by molar-refractivity contribution is 7.89. The van der Waals surface area contributed by atoms with Crippen LogP contribution in [0.2, 0.25) is 0 Å². The van der Waals surface area contributed by atoms with Gasteiger partial charge in [-0.15, -0.1) is 0 Å². The van der Waals surface area contributed by atoms with Gasteiger partial charge in [0, 0.05) is 13.1 Å². The number of hydrogen-bond acceptors (Lipinski definition) is 3. The van der Waals surface area contributed by atoms with Crippen molar-refractivity contribution in [3.63, 3.8) is 0 Å². The monoisotopic (exact) mass is 243 g/mol. The third kappa shape index (κ3) is 1.76. The van der Waals surface area contributed by atoms with Crippen LogP contribution in [0.25, 0.3) is 0 Å². The molecule has 0 aliphatic carbocycles. The molecular weight excluding hydrogens is 226 g/mol. The summed E-state index contributed by atoms with van der Waals surface area (Å²) in [5.41, 5.74) is 1.18. The maximum atomic E-state index is 12.3. The van der Waals surface area contributed by atoms with E-state index in [1.165, 1.54) is 0 Å². The van der Waals surface area contributed by atoms with Gasteiger partial charge in [-0.2, -0.15) is 9.40 Å². The zero-order valence-electron chi connectivity index (χ0n) is 9.82. The van der Waals surface area contributed by atoms with Crippen LogP contribution >= 0.6 is 0 Å². The molecule has 1 unspecified atom stereocenters. The standard InChI is InChI=1S/C10H17N3O2S/c1-7-4-5-13(6-7)16(14,15)10-8(2)11-12-9(10)3/h7H,4-6H2,1-3H3,(H,11,12). The predicted octanol–water partition coefficient (Wildman–Crippen LogP) is 1.06. The van der Waals surface area contributed by atoms with Crippen molar-refractivity contribution in [2.45, 2.75) is 32.1 Å². The zero-order valence-corrected chi connectivity index (χ0v) is 10.6. The Morgan fingerprint density at radius 1 is 1.44 bits per heavy atom. The van der Waals surface area contributed by atoms with Crippen molar-refractivity contribution in [3.05, 3.63) is 11.4 Å². The maximum Gasteiger partial charge on any atom is 0.246 e. The van der Waals surface area contributed by atoms with Crippen molar-refractivity contribution in [1.82, 2.24) is 14.5 Å². The average Bonchev–Trinajstić information content (AvgIpc) is 2.74. The van der Waals surface area contributed by atoms with Crippen LogP contribution < -0.4 is 0 Å². The molecule has 1 aliphatic heterocycles. The van der Waals surface area contributed by atoms with Crippen molar-refractivity contribution in [2.24, 2.45) is 5.92 Å². The lowest BCUT2D eigenvalue weighted by atomic mass is 10.2. The normalized spacial score (nSPS) is 22.8. The summed E-state index contributed by atoms with van der Waals surface area (Å²) in [6.45, 7) is 6.77. The van der Waals surface area contributed by atoms with E-state index in [1.54, 1.807) is 18.2 Å². The lowest BCUT2D eigenvalue weighted by molar-refractivity contribution is 0.463. The van der Waals surface area contributed by atoms with Gasteiger partial charge < -0.3 is 0 Å². The Morgan fingerprint density at radius 3 is 2.56 bits per heavy atom. The van der Waals surface area contributed by atoms with E-state index in [0.29, 0.717) is 35.3 Å². The summed E-state index contributed by atoms with van der Waals surface area (Å²) in [5.74, 6) is 0.447. The highest BCUT2D eigenvalue weighted by Gasteiger charge is 2.33. The highest BCUT2D eigenvalue weighted by atomic mass is 32.2. The number of H-pyrrole nitrogens is 1. The topological polar surface area (TPSA) is 66.1 Å². The molecule has 90 valence electrons. The van der Waals surface area contributed by atoms with E-state index in [0.717, 1.165) is 6.42 Å². The molecule has 0 spiro atoms. The first-order valence-electron chi connectivity index (χ1n) is 5.44. The molecule has 6 heteroatoms. The molecule has 2 heterocycles. The minimum Gasteiger partial charge on any atom is -0.281 e. The van der Waals surface area contributed by atoms with Crippen LogP contribution in [0.15, 0.2) is 4.90 Å². The zero-order chi connectivity index (χ0) is 11.9. The van der Waals surface area contributed by atoms with Gasteiger partial charge in [0.1, 0.15) is 4.90 Å². The van der Waals surface area contributed by atoms with Gasteiger partial charge in [0.05, 0.1) is 11.4 Å². The number of nitrogens with one attached hydrogen (secondary N) is 1. The first-order valence-corrected chi connectivity index (χ1v) is 6.88. The summed E-state index contributed by atoms with van der Waals surface area (Å²) in [4.78, 5) is 0.349. The van der Waals surface area contributed by atoms with Crippen LogP contribution in [0.4, 0.5) is 0 Å². The maximum absolute atomic E-state index is 12.3. The molecule has 0 radical (unpaired) electrons. The average molecular weight is 243 g/mol. The van der Waals surface area contributed by atoms with Gasteiger partial charge in [0.15, 0.2) is 0 Å². The molecule has 1 aliphatic rings. The van der Waals surface area contributed by atoms with Crippen LogP contribution in [0.3, 0.4) is 0 Å². The molecule has 1 N–H and O–H groups in total. The number of nitrogens with zero attached hydrogens (tertiary/aromatic N) is 2. The molecule has 1 aromatic rings. The Morgan fingerprint density at radius 2 is 2.12 bits per heavy atom. The third-order valence-electron chi connectivity index (χ3n) is 3.04. The largest absolute Gasteiger partial charge is 0.281 e. The van der Waals surface area contributed by atoms with E-state index < -0.39 is 10.0 Å². The first-order chi connectivity index (χ1) is 7.43. The Labute approximate surface area is 95.9 Å². The van der Waals surface area contributed by atoms with E-state index >= 15 is 0 Å². The summed E-state index contributed by atoms with van der Waals surface area (Å²) in [7, 11) is -3.35. The van der Waals surface area contributed by atoms with Crippen molar-refractivity contribution in [2.75, 3.05) is 13.1 Å². The predicted molar refractivity (Wildman–Crippen MR) is 60.6 cm³/mol. The van der Waals surface area contributed by atoms with Crippen LogP contribution in [-0.4, -0.2) is 36.0 Å². The summed E-state index contributed by atoms with van der Waals surface area (Å²) >= 11 is 0. The van der Waals surface area contributed by atoms with E-state index in [2.05, 4.69) is 17.1 Å². The molecule has 2 rings (SSSR count). The summed E-state index contributed by atoms with van der Waals surface area (Å²) in [5, 5.41) is 6.66. The Kier molecular flexibility index (Phi) is 2.79. The molecule has 1 atom stereocenters. The quantitative estimate of drug-likeness (QED) is 0.844. The molecule has 1 aromatic heterocycles. The fraction of sp³-hybridized carbons (Fsp3) is 0.700. The molecule has 1 saturated heterocycles. The van der Waals surface area contributed by atoms with Crippen LogP contribution in [0.5, 0.6) is 0 Å². The van der Waals surface area contributed by atoms with Gasteiger partial charge in [0.2, 0.25) is 10.0 Å². The van der Waals surface area contributed by atoms with Crippen molar-refractivity contribution < 1.29 is 8.42 Å². The van der Waals surface area contributed by atoms with E-state index in [1.807, 2.05) is 0 Å². The lowest BCUT2D eigenvalue weighted by Gasteiger charge is -2.15. The Hall–Kier alpha value is -0.880. The summed E-state index contributed by atoms with van der Waals surface area (Å²) in [6.07, 6.45) is 0.940. The first kappa shape index (κ1) is 11.6. The number of aromatic amines is 1. The second kappa shape index (κ2) is 3.85. The van der Waals surface area contributed by atoms with Gasteiger partial charge in [0.25, 0.3) is 0 Å². The molecule has 0 saturated carbocycles. The smallest absolute Gasteiger partial charge is 0.246 e. The molecular formula is C10H17N3O2S. The molecule has 0 aromatic carbocycles. The van der Waals surface area contributed by atoms with Crippen LogP contribution in [-0.2, 0) is 10.0 Å². The lowest BCUT2D eigenvalue weighted by Crippen LogP contribution is -2.29. The second-order valence-corrected chi connectivity index (χ2v) is 6.39. The molecule has 16 heavy (non-hydrogen) atoms. The molecule has 0 amide bonds. The fourth-order valence-corrected chi connectivity index (χ4v) is 4.07. The highest BCUT2D eigenvalue weighted by Crippen LogP contribution is 2.26. The van der Waals surface area contributed by atoms with Gasteiger partial charge in [-0.1, -0.05) is 6.92 Å². The van der Waals surface area contributed by atoms with E-state index in [4.69, 9.17) is 0 Å². The minimum atomic E-state index is -3.35. The number of aromatic nitrogens is 2. The molecule has 5 nitrogen and oxygen atoms in total. The van der Waals surface area contributed by atoms with E-state index in [9.17, 15) is 8.42 Å². The van der Waals surface area contributed by atoms with Gasteiger partial charge in [-0.3, -0.25) is 5.10 Å². The molecule has 0 bridgehead atoms. The van der Waals surface area contributed by atoms with Crippen molar-refractivity contribution in [3.8, 4) is 0 Å².